The number of benzene rings is 2. The number of hydrogen-bond donors (Lipinski definition) is 2. The summed E-state index contributed by atoms with van der Waals surface area (Å²) in [6, 6.07) is 16.3. The number of aromatic nitrogens is 1. The van der Waals surface area contributed by atoms with Gasteiger partial charge in [-0.15, -0.1) is 0 Å². The highest BCUT2D eigenvalue weighted by Gasteiger charge is 2.03. The molecule has 0 aliphatic rings. The topological polar surface area (TPSA) is 57.0 Å². The van der Waals surface area contributed by atoms with Crippen LogP contribution in [0.4, 0.5) is 5.69 Å². The van der Waals surface area contributed by atoms with Crippen LogP contribution in [-0.4, -0.2) is 4.57 Å². The number of hydrogen-bond acceptors (Lipinski definition) is 2. The molecule has 3 rings (SSSR count). The summed E-state index contributed by atoms with van der Waals surface area (Å²) < 4.78 is 2.15. The maximum Gasteiger partial charge on any atom is 0.0528 e. The average molecular weight is 237 g/mol. The summed E-state index contributed by atoms with van der Waals surface area (Å²) in [6.07, 6.45) is 2.07. The number of nitrogens with two attached hydrogens (primary N) is 2. The van der Waals surface area contributed by atoms with Crippen LogP contribution in [0.25, 0.3) is 16.6 Å². The lowest BCUT2D eigenvalue weighted by Gasteiger charge is -2.06. The second-order valence-corrected chi connectivity index (χ2v) is 4.37. The third kappa shape index (κ3) is 1.75. The quantitative estimate of drug-likeness (QED) is 0.673. The number of nitrogen functional groups attached to an aromatic ring is 1. The predicted molar refractivity (Wildman–Crippen MR) is 75.6 cm³/mol. The van der Waals surface area contributed by atoms with Crippen molar-refractivity contribution in [3.8, 4) is 5.69 Å². The Kier molecular flexibility index (Phi) is 2.54. The predicted octanol–water partition coefficient (Wildman–Crippen LogP) is 2.67. The number of anilines is 1. The highest BCUT2D eigenvalue weighted by Crippen LogP contribution is 2.22. The van der Waals surface area contributed by atoms with Crippen molar-refractivity contribution in [1.82, 2.24) is 4.57 Å². The fourth-order valence-electron chi connectivity index (χ4n) is 2.18. The van der Waals surface area contributed by atoms with Gasteiger partial charge in [0, 0.05) is 29.5 Å². The summed E-state index contributed by atoms with van der Waals surface area (Å²) in [5.74, 6) is 0. The van der Waals surface area contributed by atoms with Crippen molar-refractivity contribution < 1.29 is 0 Å². The van der Waals surface area contributed by atoms with Gasteiger partial charge in [-0.1, -0.05) is 6.07 Å². The van der Waals surface area contributed by atoms with Crippen LogP contribution in [0, 0.1) is 0 Å². The van der Waals surface area contributed by atoms with Crippen LogP contribution in [0.3, 0.4) is 0 Å². The second kappa shape index (κ2) is 4.20. The molecule has 3 aromatic rings. The van der Waals surface area contributed by atoms with E-state index in [1.807, 2.05) is 24.3 Å². The van der Waals surface area contributed by atoms with Crippen molar-refractivity contribution in [2.45, 2.75) is 6.54 Å². The van der Waals surface area contributed by atoms with Gasteiger partial charge in [-0.3, -0.25) is 0 Å². The first-order valence-electron chi connectivity index (χ1n) is 5.94. The lowest BCUT2D eigenvalue weighted by molar-refractivity contribution is 1.07. The van der Waals surface area contributed by atoms with E-state index in [4.69, 9.17) is 11.5 Å². The molecule has 1 aromatic heterocycles. The van der Waals surface area contributed by atoms with Crippen LogP contribution >= 0.6 is 0 Å². The highest BCUT2D eigenvalue weighted by atomic mass is 15.0. The first-order valence-corrected chi connectivity index (χ1v) is 5.94. The van der Waals surface area contributed by atoms with E-state index in [1.54, 1.807) is 0 Å². The minimum absolute atomic E-state index is 0.572. The zero-order chi connectivity index (χ0) is 12.5. The molecule has 90 valence electrons. The van der Waals surface area contributed by atoms with Crippen LogP contribution in [0.5, 0.6) is 0 Å². The molecule has 2 aromatic carbocycles. The van der Waals surface area contributed by atoms with E-state index in [0.717, 1.165) is 16.9 Å². The summed E-state index contributed by atoms with van der Waals surface area (Å²) in [6.45, 7) is 0.572. The molecule has 0 aliphatic carbocycles. The highest BCUT2D eigenvalue weighted by molar-refractivity contribution is 5.82. The van der Waals surface area contributed by atoms with Crippen molar-refractivity contribution in [1.29, 1.82) is 0 Å². The lowest BCUT2D eigenvalue weighted by Crippen LogP contribution is -1.96. The van der Waals surface area contributed by atoms with Crippen molar-refractivity contribution in [3.63, 3.8) is 0 Å². The maximum atomic E-state index is 5.71. The zero-order valence-corrected chi connectivity index (χ0v) is 10.0. The molecule has 0 unspecified atom stereocenters. The Morgan fingerprint density at radius 1 is 0.944 bits per heavy atom. The van der Waals surface area contributed by atoms with Crippen LogP contribution in [-0.2, 0) is 6.54 Å². The Labute approximate surface area is 106 Å². The van der Waals surface area contributed by atoms with E-state index in [2.05, 4.69) is 35.0 Å². The molecule has 0 amide bonds. The van der Waals surface area contributed by atoms with E-state index in [-0.39, 0.29) is 0 Å². The summed E-state index contributed by atoms with van der Waals surface area (Å²) >= 11 is 0. The Bertz CT molecular complexity index is 681. The second-order valence-electron chi connectivity index (χ2n) is 4.37. The van der Waals surface area contributed by atoms with Crippen LogP contribution in [0.2, 0.25) is 0 Å². The van der Waals surface area contributed by atoms with Gasteiger partial charge in [0.15, 0.2) is 0 Å². The molecule has 0 bridgehead atoms. The van der Waals surface area contributed by atoms with E-state index < -0.39 is 0 Å². The molecule has 3 heteroatoms. The smallest absolute Gasteiger partial charge is 0.0528 e. The number of rotatable bonds is 2. The molecule has 0 spiro atoms. The molecule has 0 saturated carbocycles. The van der Waals surface area contributed by atoms with Gasteiger partial charge in [-0.05, 0) is 48.0 Å². The third-order valence-electron chi connectivity index (χ3n) is 3.16. The average Bonchev–Trinajstić information content (AvgIpc) is 2.82. The van der Waals surface area contributed by atoms with Crippen molar-refractivity contribution in [2.75, 3.05) is 5.73 Å². The van der Waals surface area contributed by atoms with Gasteiger partial charge >= 0.3 is 0 Å². The minimum atomic E-state index is 0.572. The third-order valence-corrected chi connectivity index (χ3v) is 3.16. The van der Waals surface area contributed by atoms with Crippen molar-refractivity contribution >= 4 is 16.6 Å². The lowest BCUT2D eigenvalue weighted by atomic mass is 10.1. The monoisotopic (exact) mass is 237 g/mol. The molecular weight excluding hydrogens is 222 g/mol. The van der Waals surface area contributed by atoms with Crippen molar-refractivity contribution in [2.24, 2.45) is 5.73 Å². The molecular formula is C15H15N3. The van der Waals surface area contributed by atoms with Crippen LogP contribution < -0.4 is 11.5 Å². The normalized spacial score (nSPS) is 10.9. The van der Waals surface area contributed by atoms with Gasteiger partial charge in [0.1, 0.15) is 0 Å². The van der Waals surface area contributed by atoms with Crippen LogP contribution in [0.15, 0.2) is 54.7 Å². The number of fused-ring (bicyclic) bond motifs is 1. The Hall–Kier alpha value is -2.26. The molecule has 0 saturated heterocycles. The molecule has 0 aliphatic heterocycles. The van der Waals surface area contributed by atoms with Gasteiger partial charge in [0.25, 0.3) is 0 Å². The Morgan fingerprint density at radius 2 is 1.72 bits per heavy atom. The minimum Gasteiger partial charge on any atom is -0.399 e. The van der Waals surface area contributed by atoms with Gasteiger partial charge in [-0.2, -0.15) is 0 Å². The molecule has 1 heterocycles. The molecule has 18 heavy (non-hydrogen) atoms. The van der Waals surface area contributed by atoms with E-state index in [9.17, 15) is 0 Å². The molecule has 0 fully saturated rings. The Balaban J connectivity index is 2.15. The van der Waals surface area contributed by atoms with E-state index in [1.165, 1.54) is 10.9 Å². The fourth-order valence-corrected chi connectivity index (χ4v) is 2.18. The molecule has 4 N–H and O–H groups in total. The fraction of sp³-hybridized carbons (Fsp3) is 0.0667. The van der Waals surface area contributed by atoms with Gasteiger partial charge < -0.3 is 16.0 Å². The first-order chi connectivity index (χ1) is 8.78. The standard InChI is InChI=1S/C15H15N3/c16-10-11-1-6-15-12(9-11)7-8-18(15)14-4-2-13(17)3-5-14/h1-9H,10,16-17H2. The molecule has 3 nitrogen and oxygen atoms in total. The SMILES string of the molecule is NCc1ccc2c(ccn2-c2ccc(N)cc2)c1. The largest absolute Gasteiger partial charge is 0.399 e. The van der Waals surface area contributed by atoms with Crippen molar-refractivity contribution in [3.05, 3.63) is 60.3 Å². The summed E-state index contributed by atoms with van der Waals surface area (Å²) in [4.78, 5) is 0. The van der Waals surface area contributed by atoms with E-state index in [0.29, 0.717) is 6.54 Å². The van der Waals surface area contributed by atoms with Gasteiger partial charge in [0.2, 0.25) is 0 Å². The van der Waals surface area contributed by atoms with E-state index >= 15 is 0 Å². The molecule has 0 atom stereocenters. The van der Waals surface area contributed by atoms with Gasteiger partial charge in [-0.25, -0.2) is 0 Å². The summed E-state index contributed by atoms with van der Waals surface area (Å²) in [5, 5.41) is 1.20. The molecule has 0 radical (unpaired) electrons. The van der Waals surface area contributed by atoms with Gasteiger partial charge in [0.05, 0.1) is 5.52 Å². The summed E-state index contributed by atoms with van der Waals surface area (Å²) in [7, 11) is 0. The maximum absolute atomic E-state index is 5.71. The number of nitrogens with zero attached hydrogens (tertiary/aromatic N) is 1. The Morgan fingerprint density at radius 3 is 2.44 bits per heavy atom. The summed E-state index contributed by atoms with van der Waals surface area (Å²) in [5.41, 5.74) is 15.6. The van der Waals surface area contributed by atoms with Crippen LogP contribution in [0.1, 0.15) is 5.56 Å². The zero-order valence-electron chi connectivity index (χ0n) is 10.0. The first kappa shape index (κ1) is 10.9.